The maximum absolute atomic E-state index is 13.2. The Morgan fingerprint density at radius 2 is 2.04 bits per heavy atom. The smallest absolute Gasteiger partial charge is 0.229 e. The van der Waals surface area contributed by atoms with Crippen LogP contribution < -0.4 is 10.2 Å². The number of aromatic nitrogens is 2. The number of benzene rings is 1. The quantitative estimate of drug-likeness (QED) is 0.907. The monoisotopic (exact) mass is 354 g/mol. The minimum Gasteiger partial charge on any atom is -0.355 e. The van der Waals surface area contributed by atoms with Crippen molar-refractivity contribution in [2.75, 3.05) is 28.8 Å². The standard InChI is InChI=1S/C15H16F2N4O2S/c1-21(11-5-7-24(22,23)9-11)14-4-6-18-15(20-14)19-10-2-3-12(16)13(17)8-10/h2-4,6,8,11H,5,7,9H2,1H3,(H,18,19,20). The van der Waals surface area contributed by atoms with Gasteiger partial charge in [0, 0.05) is 31.0 Å². The summed E-state index contributed by atoms with van der Waals surface area (Å²) in [5, 5.41) is 2.80. The van der Waals surface area contributed by atoms with Gasteiger partial charge in [-0.1, -0.05) is 0 Å². The molecule has 1 N–H and O–H groups in total. The summed E-state index contributed by atoms with van der Waals surface area (Å²) in [4.78, 5) is 10.1. The van der Waals surface area contributed by atoms with Crippen molar-refractivity contribution >= 4 is 27.3 Å². The number of halogens is 2. The minimum atomic E-state index is -2.99. The maximum Gasteiger partial charge on any atom is 0.229 e. The van der Waals surface area contributed by atoms with E-state index in [0.29, 0.717) is 17.9 Å². The number of anilines is 3. The van der Waals surface area contributed by atoms with E-state index in [1.165, 1.54) is 12.3 Å². The highest BCUT2D eigenvalue weighted by atomic mass is 32.2. The lowest BCUT2D eigenvalue weighted by Gasteiger charge is -2.24. The van der Waals surface area contributed by atoms with Crippen LogP contribution in [0.5, 0.6) is 0 Å². The first-order chi connectivity index (χ1) is 11.3. The second kappa shape index (κ2) is 6.31. The van der Waals surface area contributed by atoms with Gasteiger partial charge in [0.2, 0.25) is 5.95 Å². The zero-order valence-electron chi connectivity index (χ0n) is 12.9. The van der Waals surface area contributed by atoms with Gasteiger partial charge in [-0.05, 0) is 24.6 Å². The maximum atomic E-state index is 13.2. The zero-order chi connectivity index (χ0) is 17.3. The Bertz CT molecular complexity index is 860. The van der Waals surface area contributed by atoms with Crippen molar-refractivity contribution in [3.05, 3.63) is 42.1 Å². The summed E-state index contributed by atoms with van der Waals surface area (Å²) in [5.74, 6) is -0.864. The third-order valence-corrected chi connectivity index (χ3v) is 5.68. The van der Waals surface area contributed by atoms with E-state index in [4.69, 9.17) is 0 Å². The van der Waals surface area contributed by atoms with Crippen molar-refractivity contribution < 1.29 is 17.2 Å². The van der Waals surface area contributed by atoms with E-state index in [9.17, 15) is 17.2 Å². The molecule has 2 aromatic rings. The summed E-state index contributed by atoms with van der Waals surface area (Å²) in [6.07, 6.45) is 2.07. The summed E-state index contributed by atoms with van der Waals surface area (Å²) in [7, 11) is -1.22. The van der Waals surface area contributed by atoms with E-state index < -0.39 is 21.5 Å². The third-order valence-electron chi connectivity index (χ3n) is 3.93. The van der Waals surface area contributed by atoms with Gasteiger partial charge in [0.05, 0.1) is 11.5 Å². The summed E-state index contributed by atoms with van der Waals surface area (Å²) >= 11 is 0. The Labute approximate surface area is 138 Å². The Kier molecular flexibility index (Phi) is 4.35. The number of hydrogen-bond acceptors (Lipinski definition) is 6. The second-order valence-electron chi connectivity index (χ2n) is 5.66. The molecule has 0 amide bonds. The SMILES string of the molecule is CN(c1ccnc(Nc2ccc(F)c(F)c2)n1)C1CCS(=O)(=O)C1. The molecule has 1 aliphatic heterocycles. The van der Waals surface area contributed by atoms with Crippen LogP contribution in [-0.2, 0) is 9.84 Å². The molecule has 1 unspecified atom stereocenters. The van der Waals surface area contributed by atoms with Crippen LogP contribution in [0.25, 0.3) is 0 Å². The molecule has 1 aromatic carbocycles. The van der Waals surface area contributed by atoms with Crippen molar-refractivity contribution in [1.29, 1.82) is 0 Å². The Balaban J connectivity index is 1.77. The fourth-order valence-electron chi connectivity index (χ4n) is 2.58. The topological polar surface area (TPSA) is 75.2 Å². The molecule has 3 rings (SSSR count). The molecule has 24 heavy (non-hydrogen) atoms. The summed E-state index contributed by atoms with van der Waals surface area (Å²) in [5.41, 5.74) is 0.317. The van der Waals surface area contributed by atoms with E-state index >= 15 is 0 Å². The highest BCUT2D eigenvalue weighted by molar-refractivity contribution is 7.91. The Morgan fingerprint density at radius 1 is 1.25 bits per heavy atom. The molecule has 0 aliphatic carbocycles. The van der Waals surface area contributed by atoms with Crippen molar-refractivity contribution in [2.24, 2.45) is 0 Å². The third kappa shape index (κ3) is 3.61. The van der Waals surface area contributed by atoms with Crippen molar-refractivity contribution in [2.45, 2.75) is 12.5 Å². The molecule has 0 saturated carbocycles. The summed E-state index contributed by atoms with van der Waals surface area (Å²) in [6.45, 7) is 0. The van der Waals surface area contributed by atoms with Gasteiger partial charge in [-0.3, -0.25) is 0 Å². The van der Waals surface area contributed by atoms with Crippen molar-refractivity contribution in [1.82, 2.24) is 9.97 Å². The van der Waals surface area contributed by atoms with Crippen LogP contribution in [-0.4, -0.2) is 43.0 Å². The van der Waals surface area contributed by atoms with Gasteiger partial charge in [-0.15, -0.1) is 0 Å². The first-order valence-corrected chi connectivity index (χ1v) is 9.14. The molecule has 1 fully saturated rings. The van der Waals surface area contributed by atoms with Crippen molar-refractivity contribution in [3.8, 4) is 0 Å². The van der Waals surface area contributed by atoms with E-state index in [-0.39, 0.29) is 23.5 Å². The zero-order valence-corrected chi connectivity index (χ0v) is 13.7. The fourth-order valence-corrected chi connectivity index (χ4v) is 4.35. The van der Waals surface area contributed by atoms with E-state index in [1.54, 1.807) is 18.0 Å². The van der Waals surface area contributed by atoms with Gasteiger partial charge in [0.25, 0.3) is 0 Å². The van der Waals surface area contributed by atoms with Crippen LogP contribution in [0.3, 0.4) is 0 Å². The average Bonchev–Trinajstić information content (AvgIpc) is 2.90. The number of rotatable bonds is 4. The van der Waals surface area contributed by atoms with Crippen LogP contribution in [0.1, 0.15) is 6.42 Å². The highest BCUT2D eigenvalue weighted by Gasteiger charge is 2.31. The van der Waals surface area contributed by atoms with Crippen LogP contribution in [0.2, 0.25) is 0 Å². The van der Waals surface area contributed by atoms with Gasteiger partial charge < -0.3 is 10.2 Å². The molecule has 1 aliphatic rings. The Hall–Kier alpha value is -2.29. The van der Waals surface area contributed by atoms with Gasteiger partial charge in [0.1, 0.15) is 5.82 Å². The molecular weight excluding hydrogens is 338 g/mol. The largest absolute Gasteiger partial charge is 0.355 e. The fraction of sp³-hybridized carbons (Fsp3) is 0.333. The molecule has 6 nitrogen and oxygen atoms in total. The highest BCUT2D eigenvalue weighted by Crippen LogP contribution is 2.23. The summed E-state index contributed by atoms with van der Waals surface area (Å²) in [6, 6.07) is 4.93. The number of nitrogens with zero attached hydrogens (tertiary/aromatic N) is 3. The molecule has 1 saturated heterocycles. The minimum absolute atomic E-state index is 0.0967. The lowest BCUT2D eigenvalue weighted by Crippen LogP contribution is -2.33. The van der Waals surface area contributed by atoms with Crippen LogP contribution >= 0.6 is 0 Å². The van der Waals surface area contributed by atoms with Gasteiger partial charge in [0.15, 0.2) is 21.5 Å². The van der Waals surface area contributed by atoms with E-state index in [0.717, 1.165) is 12.1 Å². The van der Waals surface area contributed by atoms with Gasteiger partial charge in [-0.2, -0.15) is 4.98 Å². The van der Waals surface area contributed by atoms with Crippen LogP contribution in [0.4, 0.5) is 26.2 Å². The first-order valence-electron chi connectivity index (χ1n) is 7.32. The lowest BCUT2D eigenvalue weighted by molar-refractivity contribution is 0.509. The Morgan fingerprint density at radius 3 is 2.71 bits per heavy atom. The number of sulfone groups is 1. The molecule has 0 spiro atoms. The average molecular weight is 354 g/mol. The molecule has 9 heteroatoms. The van der Waals surface area contributed by atoms with Gasteiger partial charge >= 0.3 is 0 Å². The van der Waals surface area contributed by atoms with Crippen molar-refractivity contribution in [3.63, 3.8) is 0 Å². The molecule has 0 radical (unpaired) electrons. The molecule has 0 bridgehead atoms. The normalized spacial score (nSPS) is 19.2. The summed E-state index contributed by atoms with van der Waals surface area (Å²) < 4.78 is 49.4. The van der Waals surface area contributed by atoms with E-state index in [2.05, 4.69) is 15.3 Å². The van der Waals surface area contributed by atoms with Crippen LogP contribution in [0.15, 0.2) is 30.5 Å². The molecular formula is C15H16F2N4O2S. The molecule has 128 valence electrons. The second-order valence-corrected chi connectivity index (χ2v) is 7.89. The van der Waals surface area contributed by atoms with E-state index in [1.807, 2.05) is 0 Å². The predicted molar refractivity (Wildman–Crippen MR) is 87.1 cm³/mol. The predicted octanol–water partition coefficient (Wildman–Crippen LogP) is 2.12. The number of hydrogen-bond donors (Lipinski definition) is 1. The van der Waals surface area contributed by atoms with Gasteiger partial charge in [-0.25, -0.2) is 22.2 Å². The molecule has 1 aromatic heterocycles. The molecule has 2 heterocycles. The molecule has 1 atom stereocenters. The first kappa shape index (κ1) is 16.6. The number of nitrogens with one attached hydrogen (secondary N) is 1. The van der Waals surface area contributed by atoms with Crippen LogP contribution in [0, 0.1) is 11.6 Å². The lowest BCUT2D eigenvalue weighted by atomic mass is 10.2.